The van der Waals surface area contributed by atoms with E-state index in [-0.39, 0.29) is 11.8 Å². The van der Waals surface area contributed by atoms with Crippen LogP contribution in [-0.4, -0.2) is 53.8 Å². The minimum absolute atomic E-state index is 0.126. The van der Waals surface area contributed by atoms with E-state index in [1.807, 2.05) is 31.2 Å². The van der Waals surface area contributed by atoms with E-state index in [1.165, 1.54) is 12.4 Å². The second kappa shape index (κ2) is 8.31. The number of nitrogens with zero attached hydrogens (tertiary/aromatic N) is 2. The van der Waals surface area contributed by atoms with Gasteiger partial charge in [-0.15, -0.1) is 0 Å². The van der Waals surface area contributed by atoms with E-state index in [1.54, 1.807) is 11.0 Å². The molecule has 1 aromatic heterocycles. The van der Waals surface area contributed by atoms with Crippen molar-refractivity contribution in [2.45, 2.75) is 32.1 Å². The summed E-state index contributed by atoms with van der Waals surface area (Å²) in [6.45, 7) is 4.77. The Labute approximate surface area is 170 Å². The van der Waals surface area contributed by atoms with Gasteiger partial charge in [-0.2, -0.15) is 0 Å². The predicted molar refractivity (Wildman–Crippen MR) is 106 cm³/mol. The number of pyridine rings is 1. The molecule has 7 heteroatoms. The van der Waals surface area contributed by atoms with Crippen molar-refractivity contribution in [3.8, 4) is 0 Å². The lowest BCUT2D eigenvalue weighted by molar-refractivity contribution is -0.181. The summed E-state index contributed by atoms with van der Waals surface area (Å²) in [4.78, 5) is 31.3. The van der Waals surface area contributed by atoms with Gasteiger partial charge in [0.2, 0.25) is 0 Å². The molecule has 4 rings (SSSR count). The van der Waals surface area contributed by atoms with Gasteiger partial charge in [-0.3, -0.25) is 14.6 Å². The average molecular weight is 395 g/mol. The Balaban J connectivity index is 1.37. The minimum atomic E-state index is -0.521. The number of rotatable bonds is 4. The monoisotopic (exact) mass is 395 g/mol. The molecule has 1 spiro atoms. The van der Waals surface area contributed by atoms with Crippen LogP contribution in [0.1, 0.15) is 44.7 Å². The molecule has 2 aromatic rings. The van der Waals surface area contributed by atoms with E-state index in [4.69, 9.17) is 9.47 Å². The standard InChI is InChI=1S/C22H25N3O4/c1-16-3-2-4-17(11-16)13-24-20(26)18-12-19(15-23-14-18)21(27)25-7-5-22(6-8-25)28-9-10-29-22/h2-4,11-12,14-15H,5-10,13H2,1H3,(H,24,26). The maximum absolute atomic E-state index is 12.9. The molecule has 3 heterocycles. The van der Waals surface area contributed by atoms with Gasteiger partial charge in [0.25, 0.3) is 11.8 Å². The van der Waals surface area contributed by atoms with Gasteiger partial charge in [-0.1, -0.05) is 29.8 Å². The Kier molecular flexibility index (Phi) is 5.60. The highest BCUT2D eigenvalue weighted by Gasteiger charge is 2.40. The number of aromatic nitrogens is 1. The maximum atomic E-state index is 12.9. The summed E-state index contributed by atoms with van der Waals surface area (Å²) in [6, 6.07) is 9.57. The Morgan fingerprint density at radius 2 is 1.83 bits per heavy atom. The molecule has 2 aliphatic heterocycles. The molecule has 29 heavy (non-hydrogen) atoms. The van der Waals surface area contributed by atoms with E-state index in [2.05, 4.69) is 10.3 Å². The Morgan fingerprint density at radius 3 is 2.55 bits per heavy atom. The van der Waals surface area contributed by atoms with E-state index in [0.29, 0.717) is 56.8 Å². The number of nitrogens with one attached hydrogen (secondary N) is 1. The SMILES string of the molecule is Cc1cccc(CNC(=O)c2cncc(C(=O)N3CCC4(CC3)OCCO4)c2)c1. The first kappa shape index (κ1) is 19.5. The van der Waals surface area contributed by atoms with Gasteiger partial charge < -0.3 is 19.7 Å². The van der Waals surface area contributed by atoms with Crippen LogP contribution in [0.25, 0.3) is 0 Å². The van der Waals surface area contributed by atoms with Crippen molar-refractivity contribution in [3.05, 3.63) is 65.0 Å². The highest BCUT2D eigenvalue weighted by atomic mass is 16.7. The van der Waals surface area contributed by atoms with E-state index in [9.17, 15) is 9.59 Å². The number of aryl methyl sites for hydroxylation is 1. The molecule has 0 bridgehead atoms. The third kappa shape index (κ3) is 4.46. The Bertz CT molecular complexity index is 898. The van der Waals surface area contributed by atoms with E-state index < -0.39 is 5.79 Å². The molecule has 2 aliphatic rings. The average Bonchev–Trinajstić information content (AvgIpc) is 3.20. The zero-order chi connectivity index (χ0) is 20.3. The summed E-state index contributed by atoms with van der Waals surface area (Å²) in [5.74, 6) is -0.898. The number of piperidine rings is 1. The molecule has 2 saturated heterocycles. The fourth-order valence-electron chi connectivity index (χ4n) is 3.81. The zero-order valence-electron chi connectivity index (χ0n) is 16.5. The van der Waals surface area contributed by atoms with E-state index >= 15 is 0 Å². The molecule has 0 saturated carbocycles. The third-order valence-electron chi connectivity index (χ3n) is 5.41. The topological polar surface area (TPSA) is 80.8 Å². The molecule has 0 atom stereocenters. The van der Waals surface area contributed by atoms with Crippen LogP contribution in [0.3, 0.4) is 0 Å². The Hall–Kier alpha value is -2.77. The number of likely N-dealkylation sites (tertiary alicyclic amines) is 1. The van der Waals surface area contributed by atoms with Crippen molar-refractivity contribution in [2.24, 2.45) is 0 Å². The fraction of sp³-hybridized carbons (Fsp3) is 0.409. The van der Waals surface area contributed by atoms with Gasteiger partial charge in [-0.25, -0.2) is 0 Å². The fourth-order valence-corrected chi connectivity index (χ4v) is 3.81. The second-order valence-electron chi connectivity index (χ2n) is 7.53. The number of benzene rings is 1. The van der Waals surface area contributed by atoms with Crippen molar-refractivity contribution in [1.29, 1.82) is 0 Å². The van der Waals surface area contributed by atoms with Crippen LogP contribution >= 0.6 is 0 Å². The van der Waals surface area contributed by atoms with Crippen LogP contribution in [0.15, 0.2) is 42.7 Å². The molecule has 0 unspecified atom stereocenters. The molecule has 1 N–H and O–H groups in total. The van der Waals surface area contributed by atoms with Gasteiger partial charge >= 0.3 is 0 Å². The normalized spacial score (nSPS) is 18.0. The number of amides is 2. The molecule has 152 valence electrons. The quantitative estimate of drug-likeness (QED) is 0.859. The van der Waals surface area contributed by atoms with Crippen molar-refractivity contribution in [3.63, 3.8) is 0 Å². The molecule has 2 fully saturated rings. The van der Waals surface area contributed by atoms with Gasteiger partial charge in [0.05, 0.1) is 24.3 Å². The van der Waals surface area contributed by atoms with Crippen molar-refractivity contribution in [2.75, 3.05) is 26.3 Å². The van der Waals surface area contributed by atoms with Crippen molar-refractivity contribution < 1.29 is 19.1 Å². The van der Waals surface area contributed by atoms with Gasteiger partial charge in [0.1, 0.15) is 0 Å². The van der Waals surface area contributed by atoms with Crippen LogP contribution in [0.4, 0.5) is 0 Å². The highest BCUT2D eigenvalue weighted by molar-refractivity contribution is 5.99. The molecular weight excluding hydrogens is 370 g/mol. The third-order valence-corrected chi connectivity index (χ3v) is 5.41. The lowest BCUT2D eigenvalue weighted by atomic mass is 10.0. The summed E-state index contributed by atoms with van der Waals surface area (Å²) < 4.78 is 11.4. The van der Waals surface area contributed by atoms with Crippen LogP contribution in [0.5, 0.6) is 0 Å². The largest absolute Gasteiger partial charge is 0.348 e. The van der Waals surface area contributed by atoms with Crippen LogP contribution in [0, 0.1) is 6.92 Å². The first-order valence-corrected chi connectivity index (χ1v) is 9.91. The Morgan fingerprint density at radius 1 is 1.10 bits per heavy atom. The van der Waals surface area contributed by atoms with Gasteiger partial charge in [0, 0.05) is 44.9 Å². The highest BCUT2D eigenvalue weighted by Crippen LogP contribution is 2.31. The molecule has 1 aromatic carbocycles. The van der Waals surface area contributed by atoms with Crippen LogP contribution < -0.4 is 5.32 Å². The molecule has 2 amide bonds. The molecular formula is C22H25N3O4. The summed E-state index contributed by atoms with van der Waals surface area (Å²) in [6.07, 6.45) is 4.30. The first-order valence-electron chi connectivity index (χ1n) is 9.91. The zero-order valence-corrected chi connectivity index (χ0v) is 16.5. The van der Waals surface area contributed by atoms with Crippen LogP contribution in [0.2, 0.25) is 0 Å². The van der Waals surface area contributed by atoms with Crippen LogP contribution in [-0.2, 0) is 16.0 Å². The molecule has 0 radical (unpaired) electrons. The number of hydrogen-bond acceptors (Lipinski definition) is 5. The number of ether oxygens (including phenoxy) is 2. The van der Waals surface area contributed by atoms with Gasteiger partial charge in [-0.05, 0) is 18.6 Å². The number of hydrogen-bond donors (Lipinski definition) is 1. The first-order chi connectivity index (χ1) is 14.0. The lowest BCUT2D eigenvalue weighted by Gasteiger charge is -2.37. The smallest absolute Gasteiger partial charge is 0.255 e. The summed E-state index contributed by atoms with van der Waals surface area (Å²) in [5.41, 5.74) is 2.96. The number of carbonyl (C=O) groups is 2. The van der Waals surface area contributed by atoms with Crippen molar-refractivity contribution >= 4 is 11.8 Å². The van der Waals surface area contributed by atoms with Gasteiger partial charge in [0.15, 0.2) is 5.79 Å². The maximum Gasteiger partial charge on any atom is 0.255 e. The lowest BCUT2D eigenvalue weighted by Crippen LogP contribution is -2.47. The summed E-state index contributed by atoms with van der Waals surface area (Å²) >= 11 is 0. The predicted octanol–water partition coefficient (Wildman–Crippen LogP) is 2.30. The minimum Gasteiger partial charge on any atom is -0.348 e. The van der Waals surface area contributed by atoms with E-state index in [0.717, 1.165) is 11.1 Å². The summed E-state index contributed by atoms with van der Waals surface area (Å²) in [5, 5.41) is 2.88. The molecule has 0 aliphatic carbocycles. The summed E-state index contributed by atoms with van der Waals surface area (Å²) in [7, 11) is 0. The van der Waals surface area contributed by atoms with Crippen molar-refractivity contribution in [1.82, 2.24) is 15.2 Å². The number of carbonyl (C=O) groups excluding carboxylic acids is 2. The second-order valence-corrected chi connectivity index (χ2v) is 7.53. The molecule has 7 nitrogen and oxygen atoms in total.